The molecule has 8 atom stereocenters. The largest absolute Gasteiger partial charge is 0.508 e. The molecule has 2 aliphatic heterocycles. The Morgan fingerprint density at radius 3 is 1.57 bits per heavy atom. The predicted molar refractivity (Wildman–Crippen MR) is 423 cm³/mol. The molecule has 636 valence electrons. The van der Waals surface area contributed by atoms with Crippen molar-refractivity contribution in [2.24, 2.45) is 10.2 Å². The molecule has 3 aliphatic rings. The van der Waals surface area contributed by atoms with E-state index in [1.165, 1.54) is 101 Å². The van der Waals surface area contributed by atoms with Crippen molar-refractivity contribution in [3.05, 3.63) is 137 Å². The van der Waals surface area contributed by atoms with Gasteiger partial charge >= 0.3 is 41.4 Å². The molecule has 0 saturated heterocycles. The van der Waals surface area contributed by atoms with E-state index in [1.54, 1.807) is 36.4 Å². The molecule has 11 N–H and O–H groups in total. The summed E-state index contributed by atoms with van der Waals surface area (Å²) in [5.74, 6) is -3.09. The number of aliphatic hydroxyl groups is 2. The lowest BCUT2D eigenvalue weighted by Crippen LogP contribution is -2.65. The monoisotopic (exact) mass is 1670 g/mol. The lowest BCUT2D eigenvalue weighted by molar-refractivity contribution is -0.225. The molecule has 1 aliphatic carbocycles. The highest BCUT2D eigenvalue weighted by Gasteiger charge is 2.58. The normalized spacial score (nSPS) is 18.3. The number of carbonyl (C=O) groups is 5. The first-order valence-corrected chi connectivity index (χ1v) is 43.8. The second kappa shape index (κ2) is 47.1. The number of unbranched alkanes of at least 4 members (excludes halogenated alkanes) is 15. The minimum absolute atomic E-state index is 0.0377. The van der Waals surface area contributed by atoms with Crippen LogP contribution in [0.5, 0.6) is 23.0 Å². The number of esters is 3. The highest BCUT2D eigenvalue weighted by Crippen LogP contribution is 2.58. The number of benzene rings is 5. The number of anilines is 1. The average Bonchev–Trinajstić information content (AvgIpc) is 1.60. The van der Waals surface area contributed by atoms with E-state index in [1.807, 2.05) is 43.3 Å². The number of phenolic OH excluding ortho intramolecular Hbond substituents is 2. The quantitative estimate of drug-likeness (QED) is 0.00566. The highest BCUT2D eigenvalue weighted by atomic mass is 31.2. The van der Waals surface area contributed by atoms with Crippen LogP contribution in [-0.4, -0.2) is 202 Å². The Hall–Kier alpha value is -7.62. The summed E-state index contributed by atoms with van der Waals surface area (Å²) in [5.41, 5.74) is 2.33. The molecular formula is C79H113N6O27P3. The van der Waals surface area contributed by atoms with Crippen molar-refractivity contribution in [2.45, 2.75) is 204 Å². The number of aromatic hydroxyl groups is 2. The Kier molecular flexibility index (Phi) is 38.7. The molecule has 1 spiro atoms. The minimum atomic E-state index is -5.75. The van der Waals surface area contributed by atoms with Crippen molar-refractivity contribution in [2.75, 3.05) is 84.8 Å². The zero-order chi connectivity index (χ0) is 83.7. The van der Waals surface area contributed by atoms with Crippen molar-refractivity contribution >= 4 is 70.3 Å². The number of rotatable bonds is 49. The van der Waals surface area contributed by atoms with Gasteiger partial charge in [-0.25, -0.2) is 18.5 Å². The third-order valence-corrected chi connectivity index (χ3v) is 21.4. The standard InChI is InChI=1S/C73H98N5O27P3.C6H15N/c1-4-5-6-7-8-9-10-11-12-13-14-15-17-23-63(82)100-55(46-98-62(81)22-18-16-19-38-74-71(86)49-26-35-56-59(43-49)73(102-72(56)87)57-36-33-53(79)44-60(57)101-61-45-54(80)34-37-58(61)73)47-99-108(94,95)105-66-64(83)65(84)67(103-106(88,89)90)69(104-107(91,92)93)68(66)97-41-21-20-40-96-42-39-75-70(85)48-24-27-50(28-25-48)76-77-51-29-31-52(32-30-51)78(2)3;1-4-7(5-2)6-3/h24-37,43-45,55,64-69,79-80,83-84H,4-23,38-42,46-47H2,1-3H3,(H,74,86)(H,75,85)(H,94,95)(H2,88,89,90)(H2,91,92,93);4-6H2,1-3H3/t55-,64-,65+,66-,67-,68+,69+;/m1./s1. The fourth-order valence-electron chi connectivity index (χ4n) is 13.3. The number of phosphoric acid groups is 3. The number of phenols is 2. The van der Waals surface area contributed by atoms with Gasteiger partial charge in [-0.05, 0) is 143 Å². The first-order chi connectivity index (χ1) is 54.9. The zero-order valence-electron chi connectivity index (χ0n) is 66.1. The Labute approximate surface area is 670 Å². The van der Waals surface area contributed by atoms with Gasteiger partial charge in [0.25, 0.3) is 11.8 Å². The van der Waals surface area contributed by atoms with E-state index in [9.17, 15) is 82.6 Å². The summed E-state index contributed by atoms with van der Waals surface area (Å²) < 4.78 is 93.3. The third-order valence-electron chi connectivity index (χ3n) is 19.4. The van der Waals surface area contributed by atoms with E-state index in [0.717, 1.165) is 37.8 Å². The molecule has 2 amide bonds. The van der Waals surface area contributed by atoms with E-state index in [0.29, 0.717) is 59.3 Å². The molecule has 1 unspecified atom stereocenters. The lowest BCUT2D eigenvalue weighted by Gasteiger charge is -2.46. The highest BCUT2D eigenvalue weighted by molar-refractivity contribution is 7.47. The van der Waals surface area contributed by atoms with E-state index >= 15 is 0 Å². The van der Waals surface area contributed by atoms with Gasteiger partial charge in [0, 0.05) is 98.9 Å². The van der Waals surface area contributed by atoms with Crippen molar-refractivity contribution in [1.29, 1.82) is 0 Å². The van der Waals surface area contributed by atoms with Gasteiger partial charge < -0.3 is 93.7 Å². The predicted octanol–water partition coefficient (Wildman–Crippen LogP) is 12.5. The molecule has 0 radical (unpaired) electrons. The van der Waals surface area contributed by atoms with Crippen LogP contribution < -0.4 is 20.3 Å². The fraction of sp³-hybridized carbons (Fsp3) is 0.557. The molecule has 5 aromatic carbocycles. The SMILES string of the molecule is CCCCCCCCCCCCCCCC(=O)O[C@H](COC(=O)CCCCCNC(=O)c1ccc2c(c1)C1(OC2=O)c2ccc(O)cc2Oc2cc(O)ccc21)COP(=O)(O)O[C@@H]1[C@H](O)[C@H](O)[C@@H](OP(=O)(O)O)[C@H](OP(=O)(O)O)[C@H]1OCCCCOCCNC(=O)c1ccc(N=Nc2ccc(N(C)C)cc2)cc1.CCN(CC)CC. The molecule has 2 heterocycles. The number of nitrogens with zero attached hydrogens (tertiary/aromatic N) is 4. The van der Waals surface area contributed by atoms with Crippen LogP contribution in [0.25, 0.3) is 0 Å². The number of carbonyl (C=O) groups excluding carboxylic acids is 5. The maximum Gasteiger partial charge on any atom is 0.472 e. The summed E-state index contributed by atoms with van der Waals surface area (Å²) in [6, 6.07) is 26.9. The first kappa shape index (κ1) is 94.5. The third kappa shape index (κ3) is 30.4. The smallest absolute Gasteiger partial charge is 0.472 e. The molecule has 33 nitrogen and oxygen atoms in total. The van der Waals surface area contributed by atoms with E-state index in [2.05, 4.69) is 58.0 Å². The number of fused-ring (bicyclic) bond motifs is 6. The number of ether oxygens (including phenoxy) is 6. The van der Waals surface area contributed by atoms with Gasteiger partial charge in [0.05, 0.1) is 30.2 Å². The van der Waals surface area contributed by atoms with E-state index in [-0.39, 0.29) is 92.5 Å². The summed E-state index contributed by atoms with van der Waals surface area (Å²) in [7, 11) is -13.2. The van der Waals surface area contributed by atoms with Gasteiger partial charge in [0.15, 0.2) is 11.7 Å². The summed E-state index contributed by atoms with van der Waals surface area (Å²) in [4.78, 5) is 122. The molecular weight excluding hydrogens is 1560 g/mol. The number of nitrogens with one attached hydrogen (secondary N) is 2. The molecule has 1 saturated carbocycles. The number of hydrogen-bond donors (Lipinski definition) is 11. The number of azo groups is 1. The first-order valence-electron chi connectivity index (χ1n) is 39.2. The topological polar surface area (TPSA) is 466 Å². The Morgan fingerprint density at radius 2 is 1.03 bits per heavy atom. The van der Waals surface area contributed by atoms with Crippen LogP contribution in [0, 0.1) is 0 Å². The van der Waals surface area contributed by atoms with Crippen LogP contribution in [0.4, 0.5) is 17.1 Å². The van der Waals surface area contributed by atoms with Gasteiger partial charge in [-0.3, -0.25) is 37.3 Å². The van der Waals surface area contributed by atoms with Crippen molar-refractivity contribution in [3.63, 3.8) is 0 Å². The molecule has 0 bridgehead atoms. The Morgan fingerprint density at radius 1 is 0.530 bits per heavy atom. The number of amides is 2. The van der Waals surface area contributed by atoms with Gasteiger partial charge in [-0.1, -0.05) is 111 Å². The van der Waals surface area contributed by atoms with Crippen LogP contribution in [0.1, 0.15) is 204 Å². The summed E-state index contributed by atoms with van der Waals surface area (Å²) in [5, 5.41) is 57.2. The lowest BCUT2D eigenvalue weighted by atomic mass is 9.77. The van der Waals surface area contributed by atoms with Crippen molar-refractivity contribution in [1.82, 2.24) is 15.5 Å². The minimum Gasteiger partial charge on any atom is -0.508 e. The molecule has 115 heavy (non-hydrogen) atoms. The van der Waals surface area contributed by atoms with Crippen molar-refractivity contribution in [3.8, 4) is 23.0 Å². The molecule has 1 fully saturated rings. The molecule has 8 rings (SSSR count). The van der Waals surface area contributed by atoms with E-state index in [4.69, 9.17) is 42.0 Å². The maximum atomic E-state index is 14.0. The number of hydrogen-bond acceptors (Lipinski definition) is 26. The van der Waals surface area contributed by atoms with Gasteiger partial charge in [0.2, 0.25) is 0 Å². The van der Waals surface area contributed by atoms with Crippen molar-refractivity contribution < 1.29 is 129 Å². The van der Waals surface area contributed by atoms with E-state index < -0.39 is 121 Å². The number of phosphoric ester groups is 3. The van der Waals surface area contributed by atoms with Crippen LogP contribution in [-0.2, 0) is 70.7 Å². The average molecular weight is 1670 g/mol. The second-order valence-corrected chi connectivity index (χ2v) is 32.1. The second-order valence-electron chi connectivity index (χ2n) is 28.3. The van der Waals surface area contributed by atoms with Crippen LogP contribution in [0.2, 0.25) is 0 Å². The molecule has 0 aromatic heterocycles. The molecule has 5 aromatic rings. The van der Waals surface area contributed by atoms with Crippen LogP contribution >= 0.6 is 23.5 Å². The Bertz CT molecular complexity index is 4030. The fourth-order valence-corrected chi connectivity index (χ4v) is 15.3. The van der Waals surface area contributed by atoms with Crippen LogP contribution in [0.15, 0.2) is 113 Å². The summed E-state index contributed by atoms with van der Waals surface area (Å²) in [6.45, 7) is 10.4. The Balaban J connectivity index is 0.00000249. The summed E-state index contributed by atoms with van der Waals surface area (Å²) >= 11 is 0. The maximum absolute atomic E-state index is 14.0. The molecule has 36 heteroatoms. The number of aliphatic hydroxyl groups excluding tert-OH is 2. The van der Waals surface area contributed by atoms with Gasteiger partial charge in [-0.2, -0.15) is 10.2 Å². The zero-order valence-corrected chi connectivity index (χ0v) is 68.8. The van der Waals surface area contributed by atoms with Gasteiger partial charge in [-0.15, -0.1) is 0 Å². The van der Waals surface area contributed by atoms with Gasteiger partial charge in [0.1, 0.15) is 66.2 Å². The van der Waals surface area contributed by atoms with Crippen LogP contribution in [0.3, 0.4) is 0 Å². The summed E-state index contributed by atoms with van der Waals surface area (Å²) in [6.07, 6.45) is -1.64.